The number of aromatic hydroxyl groups is 1. The molecule has 0 unspecified atom stereocenters. The summed E-state index contributed by atoms with van der Waals surface area (Å²) >= 11 is 5.91. The van der Waals surface area contributed by atoms with Crippen LogP contribution in [0.25, 0.3) is 11.3 Å². The number of carbonyl (C=O) groups is 1. The maximum Gasteiger partial charge on any atom is 0.226 e. The fourth-order valence-electron chi connectivity index (χ4n) is 3.81. The number of phenolic OH excluding ortho intramolecular Hbond substituents is 1. The van der Waals surface area contributed by atoms with Crippen molar-refractivity contribution >= 4 is 17.5 Å². The summed E-state index contributed by atoms with van der Waals surface area (Å²) < 4.78 is 5.75. The second-order valence-corrected chi connectivity index (χ2v) is 7.37. The molecule has 2 aliphatic rings. The van der Waals surface area contributed by atoms with Crippen LogP contribution in [-0.4, -0.2) is 34.0 Å². The summed E-state index contributed by atoms with van der Waals surface area (Å²) in [6.07, 6.45) is 5.78. The Morgan fingerprint density at radius 2 is 2.08 bits per heavy atom. The van der Waals surface area contributed by atoms with Crippen molar-refractivity contribution in [1.29, 1.82) is 0 Å². The average molecular weight is 373 g/mol. The number of halogens is 1. The van der Waals surface area contributed by atoms with Crippen molar-refractivity contribution in [3.8, 4) is 22.8 Å². The van der Waals surface area contributed by atoms with E-state index in [-0.39, 0.29) is 17.6 Å². The molecule has 1 aliphatic heterocycles. The van der Waals surface area contributed by atoms with E-state index in [9.17, 15) is 9.90 Å². The molecule has 1 amide bonds. The van der Waals surface area contributed by atoms with E-state index in [1.807, 2.05) is 17.0 Å². The molecule has 5 nitrogen and oxygen atoms in total. The molecule has 0 bridgehead atoms. The van der Waals surface area contributed by atoms with Gasteiger partial charge >= 0.3 is 0 Å². The van der Waals surface area contributed by atoms with Crippen LogP contribution in [0.4, 0.5) is 0 Å². The smallest absolute Gasteiger partial charge is 0.226 e. The lowest BCUT2D eigenvalue weighted by molar-refractivity contribution is -0.136. The van der Waals surface area contributed by atoms with E-state index >= 15 is 0 Å². The lowest BCUT2D eigenvalue weighted by Gasteiger charge is -2.23. The Morgan fingerprint density at radius 3 is 2.81 bits per heavy atom. The van der Waals surface area contributed by atoms with Gasteiger partial charge in [-0.25, -0.2) is 0 Å². The number of fused-ring (bicyclic) bond motifs is 1. The van der Waals surface area contributed by atoms with Crippen LogP contribution in [0.5, 0.6) is 11.5 Å². The van der Waals surface area contributed by atoms with E-state index in [4.69, 9.17) is 16.3 Å². The van der Waals surface area contributed by atoms with Crippen LogP contribution < -0.4 is 4.74 Å². The molecule has 0 atom stereocenters. The Morgan fingerprint density at radius 1 is 1.27 bits per heavy atom. The molecule has 6 heteroatoms. The summed E-state index contributed by atoms with van der Waals surface area (Å²) in [5.74, 6) is 0.869. The van der Waals surface area contributed by atoms with Crippen LogP contribution in [0.15, 0.2) is 30.5 Å². The Kier molecular flexibility index (Phi) is 4.72. The molecule has 1 aliphatic carbocycles. The maximum absolute atomic E-state index is 12.8. The molecular weight excluding hydrogens is 352 g/mol. The normalized spacial score (nSPS) is 17.5. The fourth-order valence-corrected chi connectivity index (χ4v) is 3.92. The van der Waals surface area contributed by atoms with Crippen molar-refractivity contribution in [2.75, 3.05) is 13.2 Å². The molecule has 0 spiro atoms. The molecule has 2 heterocycles. The zero-order chi connectivity index (χ0) is 18.1. The van der Waals surface area contributed by atoms with E-state index in [2.05, 4.69) is 4.98 Å². The van der Waals surface area contributed by atoms with Gasteiger partial charge in [-0.1, -0.05) is 24.4 Å². The molecule has 1 fully saturated rings. The molecule has 1 saturated carbocycles. The van der Waals surface area contributed by atoms with Crippen LogP contribution >= 0.6 is 11.6 Å². The number of nitrogens with zero attached hydrogens (tertiary/aromatic N) is 2. The first-order chi connectivity index (χ1) is 12.6. The summed E-state index contributed by atoms with van der Waals surface area (Å²) in [7, 11) is 0. The number of rotatable bonds is 2. The summed E-state index contributed by atoms with van der Waals surface area (Å²) in [4.78, 5) is 19.0. The summed E-state index contributed by atoms with van der Waals surface area (Å²) in [6.45, 7) is 1.37. The number of amides is 1. The van der Waals surface area contributed by atoms with E-state index in [0.717, 1.165) is 36.8 Å². The number of aromatic nitrogens is 1. The number of phenols is 1. The predicted molar refractivity (Wildman–Crippen MR) is 99.2 cm³/mol. The third kappa shape index (κ3) is 3.36. The Labute approximate surface area is 157 Å². The monoisotopic (exact) mass is 372 g/mol. The van der Waals surface area contributed by atoms with Gasteiger partial charge in [0.05, 0.1) is 17.3 Å². The first-order valence-electron chi connectivity index (χ1n) is 9.01. The van der Waals surface area contributed by atoms with Gasteiger partial charge in [0.1, 0.15) is 6.61 Å². The van der Waals surface area contributed by atoms with E-state index in [0.29, 0.717) is 36.2 Å². The number of pyridine rings is 1. The largest absolute Gasteiger partial charge is 0.504 e. The number of benzene rings is 1. The van der Waals surface area contributed by atoms with Crippen molar-refractivity contribution in [2.45, 2.75) is 32.2 Å². The van der Waals surface area contributed by atoms with Gasteiger partial charge in [0, 0.05) is 29.8 Å². The van der Waals surface area contributed by atoms with Crippen molar-refractivity contribution in [3.63, 3.8) is 0 Å². The van der Waals surface area contributed by atoms with Gasteiger partial charge in [0.2, 0.25) is 5.91 Å². The van der Waals surface area contributed by atoms with Crippen molar-refractivity contribution < 1.29 is 14.6 Å². The second-order valence-electron chi connectivity index (χ2n) is 6.93. The summed E-state index contributed by atoms with van der Waals surface area (Å²) in [6, 6.07) is 7.15. The lowest BCUT2D eigenvalue weighted by atomic mass is 10.0. The van der Waals surface area contributed by atoms with Crippen molar-refractivity contribution in [3.05, 3.63) is 41.0 Å². The average Bonchev–Trinajstić information content (AvgIpc) is 3.08. The van der Waals surface area contributed by atoms with Gasteiger partial charge < -0.3 is 14.7 Å². The van der Waals surface area contributed by atoms with Crippen molar-refractivity contribution in [2.24, 2.45) is 5.92 Å². The molecule has 136 valence electrons. The Hall–Kier alpha value is -2.27. The molecule has 0 saturated heterocycles. The SMILES string of the molecule is O=C(C1CCCC1)N1CCOc2c(O)cc(-c3ccc(Cl)cn3)cc2C1. The van der Waals surface area contributed by atoms with Gasteiger partial charge in [0.25, 0.3) is 0 Å². The van der Waals surface area contributed by atoms with Crippen LogP contribution in [0.1, 0.15) is 31.2 Å². The van der Waals surface area contributed by atoms with E-state index in [1.165, 1.54) is 0 Å². The minimum Gasteiger partial charge on any atom is -0.504 e. The number of hydrogen-bond acceptors (Lipinski definition) is 4. The first kappa shape index (κ1) is 17.2. The van der Waals surface area contributed by atoms with Crippen molar-refractivity contribution in [1.82, 2.24) is 9.88 Å². The minimum atomic E-state index is 0.0735. The highest BCUT2D eigenvalue weighted by Crippen LogP contribution is 2.38. The fraction of sp³-hybridized carbons (Fsp3) is 0.400. The third-order valence-corrected chi connectivity index (χ3v) is 5.38. The highest BCUT2D eigenvalue weighted by molar-refractivity contribution is 6.30. The van der Waals surface area contributed by atoms with Gasteiger partial charge in [-0.15, -0.1) is 0 Å². The van der Waals surface area contributed by atoms with Gasteiger partial charge in [0.15, 0.2) is 11.5 Å². The maximum atomic E-state index is 12.8. The second kappa shape index (κ2) is 7.16. The standard InChI is InChI=1S/C20H21ClN2O3/c21-16-5-6-17(22-11-16)14-9-15-12-23(20(25)13-3-1-2-4-13)7-8-26-19(15)18(24)10-14/h5-6,9-11,13,24H,1-4,7-8,12H2. The lowest BCUT2D eigenvalue weighted by Crippen LogP contribution is -2.36. The topological polar surface area (TPSA) is 62.7 Å². The molecular formula is C20H21ClN2O3. The van der Waals surface area contributed by atoms with Crippen LogP contribution in [0.3, 0.4) is 0 Å². The quantitative estimate of drug-likeness (QED) is 0.864. The first-order valence-corrected chi connectivity index (χ1v) is 9.39. The Bertz CT molecular complexity index is 817. The number of hydrogen-bond donors (Lipinski definition) is 1. The van der Waals surface area contributed by atoms with Crippen LogP contribution in [-0.2, 0) is 11.3 Å². The molecule has 4 rings (SSSR count). The number of ether oxygens (including phenoxy) is 1. The molecule has 1 aromatic carbocycles. The van der Waals surface area contributed by atoms with Gasteiger partial charge in [-0.2, -0.15) is 0 Å². The van der Waals surface area contributed by atoms with Gasteiger partial charge in [-0.3, -0.25) is 9.78 Å². The highest BCUT2D eigenvalue weighted by atomic mass is 35.5. The zero-order valence-electron chi connectivity index (χ0n) is 14.4. The molecule has 1 aromatic heterocycles. The highest BCUT2D eigenvalue weighted by Gasteiger charge is 2.29. The molecule has 1 N–H and O–H groups in total. The minimum absolute atomic E-state index is 0.0735. The third-order valence-electron chi connectivity index (χ3n) is 5.15. The van der Waals surface area contributed by atoms with E-state index in [1.54, 1.807) is 18.3 Å². The molecule has 26 heavy (non-hydrogen) atoms. The van der Waals surface area contributed by atoms with Crippen LogP contribution in [0, 0.1) is 5.92 Å². The summed E-state index contributed by atoms with van der Waals surface area (Å²) in [5, 5.41) is 11.0. The zero-order valence-corrected chi connectivity index (χ0v) is 15.2. The van der Waals surface area contributed by atoms with Crippen LogP contribution in [0.2, 0.25) is 5.02 Å². The van der Waals surface area contributed by atoms with E-state index < -0.39 is 0 Å². The Balaban J connectivity index is 1.65. The number of carbonyl (C=O) groups excluding carboxylic acids is 1. The predicted octanol–water partition coefficient (Wildman–Crippen LogP) is 4.02. The van der Waals surface area contributed by atoms with Gasteiger partial charge in [-0.05, 0) is 37.1 Å². The molecule has 0 radical (unpaired) electrons. The summed E-state index contributed by atoms with van der Waals surface area (Å²) in [5.41, 5.74) is 2.29. The molecule has 2 aromatic rings.